The zero-order valence-corrected chi connectivity index (χ0v) is 16.5. The molecule has 2 atom stereocenters. The molecule has 3 fully saturated rings. The number of rotatable bonds is 5. The van der Waals surface area contributed by atoms with Crippen LogP contribution in [0.1, 0.15) is 32.1 Å². The normalized spacial score (nSPS) is 26.8. The molecule has 1 aromatic rings. The van der Waals surface area contributed by atoms with Crippen molar-refractivity contribution < 1.29 is 19.5 Å². The number of amides is 2. The number of likely N-dealkylation sites (tertiary alicyclic amines) is 1. The number of nitrogens with zero attached hydrogens (tertiary/aromatic N) is 2. The van der Waals surface area contributed by atoms with Gasteiger partial charge in [-0.2, -0.15) is 0 Å². The van der Waals surface area contributed by atoms with Gasteiger partial charge in [-0.1, -0.05) is 12.5 Å². The number of hydrogen-bond acceptors (Lipinski definition) is 4. The van der Waals surface area contributed by atoms with Crippen LogP contribution in [0.15, 0.2) is 24.3 Å². The zero-order valence-electron chi connectivity index (χ0n) is 15.7. The SMILES string of the molecule is Cl.O=C(CN1C[C@@H]2CCC[C@@]2(C(=O)O)C1)Nc1cccc(N2CCCC2=O)c1. The van der Waals surface area contributed by atoms with Gasteiger partial charge in [0.25, 0.3) is 0 Å². The Morgan fingerprint density at radius 3 is 2.79 bits per heavy atom. The summed E-state index contributed by atoms with van der Waals surface area (Å²) < 4.78 is 0. The fraction of sp³-hybridized carbons (Fsp3) is 0.550. The van der Waals surface area contributed by atoms with Gasteiger partial charge in [-0.15, -0.1) is 12.4 Å². The van der Waals surface area contributed by atoms with E-state index in [1.165, 1.54) is 0 Å². The van der Waals surface area contributed by atoms with Crippen LogP contribution in [0.2, 0.25) is 0 Å². The van der Waals surface area contributed by atoms with Crippen LogP contribution >= 0.6 is 12.4 Å². The van der Waals surface area contributed by atoms with Gasteiger partial charge in [0.1, 0.15) is 0 Å². The molecule has 0 bridgehead atoms. The van der Waals surface area contributed by atoms with Crippen molar-refractivity contribution in [1.29, 1.82) is 0 Å². The number of aliphatic carboxylic acids is 1. The number of carbonyl (C=O) groups is 3. The lowest BCUT2D eigenvalue weighted by atomic mass is 9.81. The summed E-state index contributed by atoms with van der Waals surface area (Å²) in [7, 11) is 0. The molecule has 1 aliphatic carbocycles. The first kappa shape index (κ1) is 20.6. The zero-order chi connectivity index (χ0) is 19.0. The average molecular weight is 408 g/mol. The molecule has 0 spiro atoms. The van der Waals surface area contributed by atoms with E-state index in [-0.39, 0.29) is 36.7 Å². The molecule has 8 heteroatoms. The van der Waals surface area contributed by atoms with Crippen molar-refractivity contribution in [2.75, 3.05) is 36.4 Å². The predicted octanol–water partition coefficient (Wildman–Crippen LogP) is 2.36. The number of anilines is 2. The van der Waals surface area contributed by atoms with Crippen LogP contribution in [0.3, 0.4) is 0 Å². The summed E-state index contributed by atoms with van der Waals surface area (Å²) in [4.78, 5) is 39.8. The quantitative estimate of drug-likeness (QED) is 0.782. The van der Waals surface area contributed by atoms with Crippen molar-refractivity contribution in [1.82, 2.24) is 4.90 Å². The summed E-state index contributed by atoms with van der Waals surface area (Å²) >= 11 is 0. The minimum Gasteiger partial charge on any atom is -0.481 e. The van der Waals surface area contributed by atoms with Crippen LogP contribution in [-0.4, -0.2) is 54.0 Å². The Morgan fingerprint density at radius 1 is 1.29 bits per heavy atom. The Labute approximate surface area is 170 Å². The molecule has 2 heterocycles. The summed E-state index contributed by atoms with van der Waals surface area (Å²) in [6.45, 7) is 2.02. The molecule has 2 N–H and O–H groups in total. The number of hydrogen-bond donors (Lipinski definition) is 2. The topological polar surface area (TPSA) is 89.9 Å². The van der Waals surface area contributed by atoms with Crippen LogP contribution in [0.5, 0.6) is 0 Å². The van der Waals surface area contributed by atoms with Crippen molar-refractivity contribution in [3.05, 3.63) is 24.3 Å². The summed E-state index contributed by atoms with van der Waals surface area (Å²) in [5, 5.41) is 12.5. The first-order chi connectivity index (χ1) is 13.0. The van der Waals surface area contributed by atoms with Crippen molar-refractivity contribution in [3.8, 4) is 0 Å². The van der Waals surface area contributed by atoms with E-state index in [2.05, 4.69) is 5.32 Å². The predicted molar refractivity (Wildman–Crippen MR) is 108 cm³/mol. The molecule has 152 valence electrons. The number of carbonyl (C=O) groups excluding carboxylic acids is 2. The first-order valence-electron chi connectivity index (χ1n) is 9.64. The molecule has 1 aromatic carbocycles. The lowest BCUT2D eigenvalue weighted by Crippen LogP contribution is -2.37. The fourth-order valence-corrected chi connectivity index (χ4v) is 4.94. The van der Waals surface area contributed by atoms with E-state index in [4.69, 9.17) is 0 Å². The number of carboxylic acids is 1. The highest BCUT2D eigenvalue weighted by molar-refractivity contribution is 5.97. The van der Waals surface area contributed by atoms with Gasteiger partial charge in [-0.25, -0.2) is 0 Å². The van der Waals surface area contributed by atoms with Crippen LogP contribution < -0.4 is 10.2 Å². The van der Waals surface area contributed by atoms with Crippen molar-refractivity contribution in [3.63, 3.8) is 0 Å². The maximum absolute atomic E-state index is 12.5. The summed E-state index contributed by atoms with van der Waals surface area (Å²) in [6, 6.07) is 7.32. The maximum atomic E-state index is 12.5. The van der Waals surface area contributed by atoms with E-state index in [0.717, 1.165) is 24.9 Å². The van der Waals surface area contributed by atoms with Gasteiger partial charge in [-0.05, 0) is 43.4 Å². The Morgan fingerprint density at radius 2 is 2.11 bits per heavy atom. The smallest absolute Gasteiger partial charge is 0.311 e. The Bertz CT molecular complexity index is 786. The summed E-state index contributed by atoms with van der Waals surface area (Å²) in [5.41, 5.74) is 0.788. The molecule has 2 amide bonds. The van der Waals surface area contributed by atoms with Gasteiger partial charge in [0.15, 0.2) is 0 Å². The van der Waals surface area contributed by atoms with Crippen LogP contribution in [0, 0.1) is 11.3 Å². The van der Waals surface area contributed by atoms with Crippen molar-refractivity contribution >= 4 is 41.6 Å². The van der Waals surface area contributed by atoms with Gasteiger partial charge in [0.2, 0.25) is 11.8 Å². The van der Waals surface area contributed by atoms with Crippen molar-refractivity contribution in [2.45, 2.75) is 32.1 Å². The number of benzene rings is 1. The van der Waals surface area contributed by atoms with E-state index in [0.29, 0.717) is 38.2 Å². The molecule has 1 saturated carbocycles. The fourth-order valence-electron chi connectivity index (χ4n) is 4.94. The van der Waals surface area contributed by atoms with Crippen LogP contribution in [0.25, 0.3) is 0 Å². The first-order valence-corrected chi connectivity index (χ1v) is 9.64. The standard InChI is InChI=1S/C20H25N3O4.ClH/c24-17(12-22-11-14-4-2-8-20(14,13-22)19(26)27)21-15-5-1-6-16(10-15)23-9-3-7-18(23)25;/h1,5-6,10,14H,2-4,7-9,11-13H2,(H,21,24)(H,26,27);1H/t14-,20+;/m0./s1. The molecule has 2 aliphatic heterocycles. The molecule has 28 heavy (non-hydrogen) atoms. The average Bonchev–Trinajstić information content (AvgIpc) is 3.29. The number of nitrogens with one attached hydrogen (secondary N) is 1. The maximum Gasteiger partial charge on any atom is 0.311 e. The molecule has 0 unspecified atom stereocenters. The Kier molecular flexibility index (Phi) is 5.95. The van der Waals surface area contributed by atoms with E-state index in [1.54, 1.807) is 11.0 Å². The minimum atomic E-state index is -0.726. The molecular formula is C20H26ClN3O4. The van der Waals surface area contributed by atoms with E-state index in [9.17, 15) is 19.5 Å². The number of fused-ring (bicyclic) bond motifs is 1. The molecule has 0 aromatic heterocycles. The second-order valence-corrected chi connectivity index (χ2v) is 7.97. The highest BCUT2D eigenvalue weighted by Crippen LogP contribution is 2.48. The highest BCUT2D eigenvalue weighted by Gasteiger charge is 2.54. The van der Waals surface area contributed by atoms with E-state index in [1.807, 2.05) is 23.1 Å². The second kappa shape index (κ2) is 8.09. The minimum absolute atomic E-state index is 0. The molecule has 3 aliphatic rings. The Balaban J connectivity index is 0.00000225. The van der Waals surface area contributed by atoms with Crippen LogP contribution in [-0.2, 0) is 14.4 Å². The van der Waals surface area contributed by atoms with Gasteiger partial charge in [0.05, 0.1) is 12.0 Å². The molecule has 4 rings (SSSR count). The molecule has 0 radical (unpaired) electrons. The van der Waals surface area contributed by atoms with Crippen molar-refractivity contribution in [2.24, 2.45) is 11.3 Å². The second-order valence-electron chi connectivity index (χ2n) is 7.97. The van der Waals surface area contributed by atoms with Crippen LogP contribution in [0.4, 0.5) is 11.4 Å². The highest BCUT2D eigenvalue weighted by atomic mass is 35.5. The van der Waals surface area contributed by atoms with Gasteiger partial charge >= 0.3 is 5.97 Å². The third kappa shape index (κ3) is 3.73. The van der Waals surface area contributed by atoms with Gasteiger partial charge in [-0.3, -0.25) is 19.3 Å². The van der Waals surface area contributed by atoms with Gasteiger partial charge < -0.3 is 15.3 Å². The van der Waals surface area contributed by atoms with E-state index < -0.39 is 11.4 Å². The van der Waals surface area contributed by atoms with Gasteiger partial charge in [0, 0.05) is 37.4 Å². The summed E-state index contributed by atoms with van der Waals surface area (Å²) in [5.74, 6) is -0.621. The third-order valence-corrected chi connectivity index (χ3v) is 6.25. The largest absolute Gasteiger partial charge is 0.481 e. The summed E-state index contributed by atoms with van der Waals surface area (Å²) in [6.07, 6.45) is 4.02. The van der Waals surface area contributed by atoms with E-state index >= 15 is 0 Å². The molecule has 2 saturated heterocycles. The molecule has 7 nitrogen and oxygen atoms in total. The molecular weight excluding hydrogens is 382 g/mol. The Hall–Kier alpha value is -2.12. The number of carboxylic acid groups (broad SMARTS) is 1. The lowest BCUT2D eigenvalue weighted by Gasteiger charge is -2.23. The third-order valence-electron chi connectivity index (χ3n) is 6.25. The number of halogens is 1. The lowest BCUT2D eigenvalue weighted by molar-refractivity contribution is -0.149. The monoisotopic (exact) mass is 407 g/mol.